The minimum absolute atomic E-state index is 0.0690. The fraction of sp³-hybridized carbons (Fsp3) is 0.300. The molecule has 1 unspecified atom stereocenters. The Kier molecular flexibility index (Phi) is 7.52. The molecule has 150 valence electrons. The van der Waals surface area contributed by atoms with Gasteiger partial charge in [0.05, 0.1) is 38.5 Å². The van der Waals surface area contributed by atoms with Crippen LogP contribution < -0.4 is 19.5 Å². The monoisotopic (exact) mass is 407 g/mol. The number of hydrogen-bond acceptors (Lipinski definition) is 6. The topological polar surface area (TPSA) is 83.1 Å². The van der Waals surface area contributed by atoms with Gasteiger partial charge in [0.25, 0.3) is 5.91 Å². The molecule has 0 saturated carbocycles. The molecule has 0 aromatic heterocycles. The summed E-state index contributed by atoms with van der Waals surface area (Å²) in [7, 11) is 4.47. The lowest BCUT2D eigenvalue weighted by Gasteiger charge is -2.16. The molecule has 2 aromatic carbocycles. The Morgan fingerprint density at radius 1 is 1.04 bits per heavy atom. The van der Waals surface area contributed by atoms with Gasteiger partial charge in [-0.15, -0.1) is 0 Å². The fourth-order valence-electron chi connectivity index (χ4n) is 2.49. The molecule has 0 heterocycles. The fourth-order valence-corrected chi connectivity index (χ4v) is 2.68. The summed E-state index contributed by atoms with van der Waals surface area (Å²) in [4.78, 5) is 24.5. The van der Waals surface area contributed by atoms with Crippen LogP contribution in [0.25, 0.3) is 0 Å². The number of para-hydroxylation sites is 1. The van der Waals surface area contributed by atoms with Gasteiger partial charge in [-0.25, -0.2) is 0 Å². The number of esters is 1. The van der Waals surface area contributed by atoms with Gasteiger partial charge in [0.1, 0.15) is 0 Å². The number of benzene rings is 2. The van der Waals surface area contributed by atoms with Crippen molar-refractivity contribution in [2.24, 2.45) is 0 Å². The molecule has 0 aliphatic rings. The number of hydrogen-bond donors (Lipinski definition) is 1. The molecule has 0 aliphatic carbocycles. The van der Waals surface area contributed by atoms with Crippen LogP contribution in [0.2, 0.25) is 5.02 Å². The Bertz CT molecular complexity index is 829. The Balaban J connectivity index is 2.03. The summed E-state index contributed by atoms with van der Waals surface area (Å²) >= 11 is 6.01. The predicted octanol–water partition coefficient (Wildman–Crippen LogP) is 3.48. The number of halogens is 1. The lowest BCUT2D eigenvalue weighted by Crippen LogP contribution is -2.30. The zero-order valence-electron chi connectivity index (χ0n) is 16.1. The second-order valence-electron chi connectivity index (χ2n) is 5.81. The van der Waals surface area contributed by atoms with E-state index in [4.69, 9.17) is 30.5 Å². The van der Waals surface area contributed by atoms with Crippen molar-refractivity contribution in [2.45, 2.75) is 19.4 Å². The van der Waals surface area contributed by atoms with Gasteiger partial charge >= 0.3 is 5.97 Å². The van der Waals surface area contributed by atoms with Crippen molar-refractivity contribution in [1.82, 2.24) is 0 Å². The smallest absolute Gasteiger partial charge is 0.311 e. The summed E-state index contributed by atoms with van der Waals surface area (Å²) in [6, 6.07) is 10.1. The maximum Gasteiger partial charge on any atom is 0.311 e. The van der Waals surface area contributed by atoms with Gasteiger partial charge in [-0.2, -0.15) is 0 Å². The number of carbonyl (C=O) groups is 2. The molecule has 0 bridgehead atoms. The van der Waals surface area contributed by atoms with Crippen molar-refractivity contribution in [2.75, 3.05) is 26.6 Å². The third kappa shape index (κ3) is 5.29. The molecule has 2 rings (SSSR count). The molecular weight excluding hydrogens is 386 g/mol. The first-order chi connectivity index (χ1) is 13.4. The number of ether oxygens (including phenoxy) is 4. The minimum atomic E-state index is -0.995. The van der Waals surface area contributed by atoms with Crippen molar-refractivity contribution in [3.8, 4) is 17.2 Å². The van der Waals surface area contributed by atoms with E-state index in [0.29, 0.717) is 33.5 Å². The van der Waals surface area contributed by atoms with Gasteiger partial charge in [-0.1, -0.05) is 23.7 Å². The molecular formula is C20H22ClNO6. The van der Waals surface area contributed by atoms with Gasteiger partial charge in [0.2, 0.25) is 5.75 Å². The highest BCUT2D eigenvalue weighted by Crippen LogP contribution is 2.38. The van der Waals surface area contributed by atoms with E-state index in [1.54, 1.807) is 36.4 Å². The van der Waals surface area contributed by atoms with E-state index >= 15 is 0 Å². The van der Waals surface area contributed by atoms with Gasteiger partial charge in [0, 0.05) is 0 Å². The highest BCUT2D eigenvalue weighted by Gasteiger charge is 2.20. The van der Waals surface area contributed by atoms with Gasteiger partial charge in [0.15, 0.2) is 17.6 Å². The zero-order valence-corrected chi connectivity index (χ0v) is 16.8. The van der Waals surface area contributed by atoms with Gasteiger partial charge < -0.3 is 24.3 Å². The van der Waals surface area contributed by atoms with E-state index in [0.717, 1.165) is 0 Å². The van der Waals surface area contributed by atoms with E-state index in [1.165, 1.54) is 28.3 Å². The molecule has 8 heteroatoms. The first kappa shape index (κ1) is 21.4. The van der Waals surface area contributed by atoms with E-state index in [-0.39, 0.29) is 6.42 Å². The lowest BCUT2D eigenvalue weighted by atomic mass is 10.1. The summed E-state index contributed by atoms with van der Waals surface area (Å²) < 4.78 is 21.0. The third-order valence-electron chi connectivity index (χ3n) is 3.88. The van der Waals surface area contributed by atoms with Crippen molar-refractivity contribution in [3.05, 3.63) is 47.0 Å². The van der Waals surface area contributed by atoms with Crippen molar-refractivity contribution in [1.29, 1.82) is 0 Å². The third-order valence-corrected chi connectivity index (χ3v) is 4.21. The molecule has 1 amide bonds. The zero-order chi connectivity index (χ0) is 20.7. The highest BCUT2D eigenvalue weighted by atomic mass is 35.5. The van der Waals surface area contributed by atoms with E-state index in [2.05, 4.69) is 5.32 Å². The number of methoxy groups -OCH3 is 3. The van der Waals surface area contributed by atoms with Crippen LogP contribution in [0, 0.1) is 0 Å². The number of anilines is 1. The molecule has 2 aromatic rings. The standard InChI is InChI=1S/C20H22ClNO6/c1-12(20(24)22-15-8-6-5-7-14(15)21)28-18(23)11-13-9-16(25-2)19(27-4)17(10-13)26-3/h5-10,12H,11H2,1-4H3,(H,22,24). The van der Waals surface area contributed by atoms with Crippen LogP contribution in [0.4, 0.5) is 5.69 Å². The number of rotatable bonds is 8. The number of nitrogens with one attached hydrogen (secondary N) is 1. The van der Waals surface area contributed by atoms with Crippen molar-refractivity contribution in [3.63, 3.8) is 0 Å². The second-order valence-corrected chi connectivity index (χ2v) is 6.22. The van der Waals surface area contributed by atoms with Crippen LogP contribution in [0.15, 0.2) is 36.4 Å². The molecule has 0 fully saturated rings. The Labute approximate surface area is 168 Å². The molecule has 0 radical (unpaired) electrons. The second kappa shape index (κ2) is 9.85. The summed E-state index contributed by atoms with van der Waals surface area (Å²) in [5, 5.41) is 3.02. The van der Waals surface area contributed by atoms with Crippen LogP contribution in [-0.2, 0) is 20.7 Å². The van der Waals surface area contributed by atoms with Gasteiger partial charge in [-0.05, 0) is 36.8 Å². The molecule has 0 aliphatic heterocycles. The van der Waals surface area contributed by atoms with Crippen molar-refractivity contribution < 1.29 is 28.5 Å². The quantitative estimate of drug-likeness (QED) is 0.674. The minimum Gasteiger partial charge on any atom is -0.493 e. The van der Waals surface area contributed by atoms with Crippen LogP contribution >= 0.6 is 11.6 Å². The normalized spacial score (nSPS) is 11.3. The Morgan fingerprint density at radius 2 is 1.64 bits per heavy atom. The van der Waals surface area contributed by atoms with E-state index in [1.807, 2.05) is 0 Å². The number of carbonyl (C=O) groups excluding carboxylic acids is 2. The molecule has 1 atom stereocenters. The maximum atomic E-state index is 12.3. The number of amides is 1. The molecule has 1 N–H and O–H groups in total. The largest absolute Gasteiger partial charge is 0.493 e. The predicted molar refractivity (Wildman–Crippen MR) is 105 cm³/mol. The van der Waals surface area contributed by atoms with Crippen molar-refractivity contribution >= 4 is 29.2 Å². The van der Waals surface area contributed by atoms with Crippen LogP contribution in [0.5, 0.6) is 17.2 Å². The molecule has 0 saturated heterocycles. The summed E-state index contributed by atoms with van der Waals surface area (Å²) in [5.41, 5.74) is 1.04. The molecule has 0 spiro atoms. The summed E-state index contributed by atoms with van der Waals surface area (Å²) in [6.07, 6.45) is -1.06. The van der Waals surface area contributed by atoms with Crippen LogP contribution in [0.3, 0.4) is 0 Å². The van der Waals surface area contributed by atoms with Crippen LogP contribution in [0.1, 0.15) is 12.5 Å². The Hall–Kier alpha value is -2.93. The molecule has 7 nitrogen and oxygen atoms in total. The Morgan fingerprint density at radius 3 is 2.18 bits per heavy atom. The highest BCUT2D eigenvalue weighted by molar-refractivity contribution is 6.33. The maximum absolute atomic E-state index is 12.3. The average molecular weight is 408 g/mol. The SMILES string of the molecule is COc1cc(CC(=O)OC(C)C(=O)Nc2ccccc2Cl)cc(OC)c1OC. The average Bonchev–Trinajstić information content (AvgIpc) is 2.68. The van der Waals surface area contributed by atoms with Gasteiger partial charge in [-0.3, -0.25) is 9.59 Å². The first-order valence-electron chi connectivity index (χ1n) is 8.43. The van der Waals surface area contributed by atoms with E-state index < -0.39 is 18.0 Å². The first-order valence-corrected chi connectivity index (χ1v) is 8.81. The lowest BCUT2D eigenvalue weighted by molar-refractivity contribution is -0.152. The van der Waals surface area contributed by atoms with E-state index in [9.17, 15) is 9.59 Å². The summed E-state index contributed by atoms with van der Waals surface area (Å²) in [5.74, 6) is 0.223. The summed E-state index contributed by atoms with van der Waals surface area (Å²) in [6.45, 7) is 1.49. The molecule has 28 heavy (non-hydrogen) atoms. The van der Waals surface area contributed by atoms with Crippen LogP contribution in [-0.4, -0.2) is 39.3 Å².